The molecule has 7 nitrogen and oxygen atoms in total. The number of likely N-dealkylation sites (N-methyl/N-ethyl adjacent to an activating group) is 1. The second kappa shape index (κ2) is 9.62. The molecule has 0 aliphatic heterocycles. The number of benzene rings is 2. The van der Waals surface area contributed by atoms with Crippen LogP contribution in [0.4, 0.5) is 5.82 Å². The Morgan fingerprint density at radius 2 is 1.78 bits per heavy atom. The molecule has 0 saturated heterocycles. The van der Waals surface area contributed by atoms with E-state index < -0.39 is 0 Å². The molecule has 4 aromatic rings. The molecule has 0 aliphatic rings. The van der Waals surface area contributed by atoms with Gasteiger partial charge in [0.2, 0.25) is 5.91 Å². The molecule has 164 valence electrons. The lowest BCUT2D eigenvalue weighted by molar-refractivity contribution is -0.117. The molecule has 0 spiro atoms. The van der Waals surface area contributed by atoms with Crippen LogP contribution >= 0.6 is 0 Å². The fourth-order valence-electron chi connectivity index (χ4n) is 3.61. The number of nitrogens with one attached hydrogen (secondary N) is 1. The van der Waals surface area contributed by atoms with Crippen molar-refractivity contribution in [1.82, 2.24) is 24.5 Å². The maximum atomic E-state index is 12.7. The Labute approximate surface area is 188 Å². The van der Waals surface area contributed by atoms with Gasteiger partial charge in [-0.3, -0.25) is 14.4 Å². The zero-order valence-electron chi connectivity index (χ0n) is 18.7. The highest BCUT2D eigenvalue weighted by Gasteiger charge is 2.13. The van der Waals surface area contributed by atoms with Gasteiger partial charge in [-0.2, -0.15) is 10.2 Å². The van der Waals surface area contributed by atoms with Crippen molar-refractivity contribution in [2.24, 2.45) is 0 Å². The monoisotopic (exact) mass is 428 g/mol. The minimum Gasteiger partial charge on any atom is -0.309 e. The topological polar surface area (TPSA) is 68.0 Å². The summed E-state index contributed by atoms with van der Waals surface area (Å²) in [6, 6.07) is 20.2. The van der Waals surface area contributed by atoms with Crippen LogP contribution in [-0.4, -0.2) is 44.0 Å². The quantitative estimate of drug-likeness (QED) is 0.463. The molecule has 4 rings (SSSR count). The summed E-state index contributed by atoms with van der Waals surface area (Å²) >= 11 is 0. The van der Waals surface area contributed by atoms with Crippen LogP contribution in [0.1, 0.15) is 22.4 Å². The average molecular weight is 429 g/mol. The largest absolute Gasteiger partial charge is 0.309 e. The molecule has 0 aliphatic carbocycles. The Morgan fingerprint density at radius 1 is 1.03 bits per heavy atom. The van der Waals surface area contributed by atoms with E-state index in [1.807, 2.05) is 91.4 Å². The second-order valence-corrected chi connectivity index (χ2v) is 8.17. The first-order valence-electron chi connectivity index (χ1n) is 10.6. The first-order valence-corrected chi connectivity index (χ1v) is 10.6. The third-order valence-electron chi connectivity index (χ3n) is 5.12. The van der Waals surface area contributed by atoms with Gasteiger partial charge >= 0.3 is 0 Å². The normalized spacial score (nSPS) is 11.1. The van der Waals surface area contributed by atoms with Gasteiger partial charge in [-0.15, -0.1) is 0 Å². The van der Waals surface area contributed by atoms with Gasteiger partial charge in [0.15, 0.2) is 0 Å². The lowest BCUT2D eigenvalue weighted by Crippen LogP contribution is -2.30. The highest BCUT2D eigenvalue weighted by atomic mass is 16.2. The van der Waals surface area contributed by atoms with Crippen LogP contribution in [0.25, 0.3) is 5.69 Å². The summed E-state index contributed by atoms with van der Waals surface area (Å²) in [5.74, 6) is 0.581. The van der Waals surface area contributed by atoms with Crippen LogP contribution < -0.4 is 5.32 Å². The maximum absolute atomic E-state index is 12.7. The van der Waals surface area contributed by atoms with Crippen LogP contribution in [-0.2, 0) is 17.9 Å². The van der Waals surface area contributed by atoms with Crippen molar-refractivity contribution in [3.8, 4) is 5.69 Å². The highest BCUT2D eigenvalue weighted by molar-refractivity contribution is 5.91. The Kier molecular flexibility index (Phi) is 6.47. The molecule has 0 saturated carbocycles. The molecule has 2 aromatic heterocycles. The van der Waals surface area contributed by atoms with Crippen LogP contribution in [0, 0.1) is 13.8 Å². The fraction of sp³-hybridized carbons (Fsp3) is 0.240. The molecule has 0 fully saturated rings. The summed E-state index contributed by atoms with van der Waals surface area (Å²) in [7, 11) is 1.93. The predicted octanol–water partition coefficient (Wildman–Crippen LogP) is 3.80. The average Bonchev–Trinajstić information content (AvgIpc) is 3.35. The van der Waals surface area contributed by atoms with Gasteiger partial charge < -0.3 is 5.32 Å². The second-order valence-electron chi connectivity index (χ2n) is 8.17. The number of rotatable bonds is 8. The Bertz CT molecular complexity index is 1180. The number of nitrogens with zero attached hydrogens (tertiary/aromatic N) is 5. The number of hydrogen-bond donors (Lipinski definition) is 1. The number of carbonyl (C=O) groups excluding carboxylic acids is 1. The van der Waals surface area contributed by atoms with Crippen molar-refractivity contribution < 1.29 is 4.79 Å². The van der Waals surface area contributed by atoms with Crippen molar-refractivity contribution in [2.45, 2.75) is 26.9 Å². The van der Waals surface area contributed by atoms with Crippen molar-refractivity contribution in [3.63, 3.8) is 0 Å². The number of hydrogen-bond acceptors (Lipinski definition) is 4. The molecule has 2 aromatic carbocycles. The summed E-state index contributed by atoms with van der Waals surface area (Å²) in [4.78, 5) is 14.7. The summed E-state index contributed by atoms with van der Waals surface area (Å²) in [5.41, 5.74) is 5.21. The maximum Gasteiger partial charge on any atom is 0.239 e. The van der Waals surface area contributed by atoms with Crippen molar-refractivity contribution in [3.05, 3.63) is 95.4 Å². The van der Waals surface area contributed by atoms with Crippen molar-refractivity contribution >= 4 is 11.7 Å². The van der Waals surface area contributed by atoms with Crippen LogP contribution in [0.5, 0.6) is 0 Å². The van der Waals surface area contributed by atoms with E-state index in [2.05, 4.69) is 27.6 Å². The molecular formula is C25H28N6O. The SMILES string of the molecule is Cc1ccc(-n2nc(C)cc2NC(=O)CN(C)Cc2cnn(Cc3ccccc3)c2)cc1. The fourth-order valence-corrected chi connectivity index (χ4v) is 3.61. The number of carbonyl (C=O) groups is 1. The van der Waals surface area contributed by atoms with Crippen LogP contribution in [0.3, 0.4) is 0 Å². The van der Waals surface area contributed by atoms with Gasteiger partial charge in [-0.05, 0) is 38.6 Å². The molecule has 7 heteroatoms. The summed E-state index contributed by atoms with van der Waals surface area (Å²) < 4.78 is 3.68. The molecular weight excluding hydrogens is 400 g/mol. The van der Waals surface area contributed by atoms with Crippen molar-refractivity contribution in [2.75, 3.05) is 18.9 Å². The Morgan fingerprint density at radius 3 is 2.53 bits per heavy atom. The predicted molar refractivity (Wildman–Crippen MR) is 126 cm³/mol. The minimum absolute atomic E-state index is 0.0857. The van der Waals surface area contributed by atoms with E-state index in [9.17, 15) is 4.79 Å². The zero-order valence-corrected chi connectivity index (χ0v) is 18.7. The molecule has 0 bridgehead atoms. The molecule has 1 amide bonds. The molecule has 32 heavy (non-hydrogen) atoms. The van der Waals surface area contributed by atoms with E-state index in [1.54, 1.807) is 4.68 Å². The number of aryl methyl sites for hydroxylation is 2. The first kappa shape index (κ1) is 21.5. The van der Waals surface area contributed by atoms with E-state index in [0.717, 1.165) is 23.5 Å². The van der Waals surface area contributed by atoms with E-state index in [4.69, 9.17) is 0 Å². The molecule has 1 N–H and O–H groups in total. The Hall–Kier alpha value is -3.71. The van der Waals surface area contributed by atoms with E-state index in [1.165, 1.54) is 11.1 Å². The van der Waals surface area contributed by atoms with E-state index in [0.29, 0.717) is 12.4 Å². The van der Waals surface area contributed by atoms with E-state index in [-0.39, 0.29) is 12.5 Å². The van der Waals surface area contributed by atoms with Gasteiger partial charge in [0.25, 0.3) is 0 Å². The van der Waals surface area contributed by atoms with Crippen molar-refractivity contribution in [1.29, 1.82) is 0 Å². The molecule has 0 radical (unpaired) electrons. The smallest absolute Gasteiger partial charge is 0.239 e. The first-order chi connectivity index (χ1) is 15.5. The lowest BCUT2D eigenvalue weighted by Gasteiger charge is -2.16. The van der Waals surface area contributed by atoms with Gasteiger partial charge in [0, 0.05) is 24.4 Å². The number of anilines is 1. The van der Waals surface area contributed by atoms with Crippen LogP contribution in [0.15, 0.2) is 73.1 Å². The number of aromatic nitrogens is 4. The standard InChI is InChI=1S/C25H28N6O/c1-19-9-11-23(12-10-19)31-24(13-20(2)28-31)27-25(32)18-29(3)15-22-14-26-30(17-22)16-21-7-5-4-6-8-21/h4-14,17H,15-16,18H2,1-3H3,(H,27,32). The minimum atomic E-state index is -0.0857. The summed E-state index contributed by atoms with van der Waals surface area (Å²) in [6.07, 6.45) is 3.88. The molecule has 0 atom stereocenters. The zero-order chi connectivity index (χ0) is 22.5. The molecule has 0 unspecified atom stereocenters. The third kappa shape index (κ3) is 5.50. The summed E-state index contributed by atoms with van der Waals surface area (Å²) in [6.45, 7) is 5.59. The van der Waals surface area contributed by atoms with E-state index >= 15 is 0 Å². The third-order valence-corrected chi connectivity index (χ3v) is 5.12. The number of amides is 1. The highest BCUT2D eigenvalue weighted by Crippen LogP contribution is 2.18. The van der Waals surface area contributed by atoms with Gasteiger partial charge in [-0.1, -0.05) is 48.0 Å². The van der Waals surface area contributed by atoms with Gasteiger partial charge in [0.05, 0.1) is 30.7 Å². The molecule has 2 heterocycles. The lowest BCUT2D eigenvalue weighted by atomic mass is 10.2. The van der Waals surface area contributed by atoms with Crippen LogP contribution in [0.2, 0.25) is 0 Å². The summed E-state index contributed by atoms with van der Waals surface area (Å²) in [5, 5.41) is 12.0. The van der Waals surface area contributed by atoms with Gasteiger partial charge in [0.1, 0.15) is 5.82 Å². The Balaban J connectivity index is 1.34. The van der Waals surface area contributed by atoms with Gasteiger partial charge in [-0.25, -0.2) is 4.68 Å².